The van der Waals surface area contributed by atoms with E-state index in [1.165, 1.54) is 12.8 Å². The van der Waals surface area contributed by atoms with E-state index in [2.05, 4.69) is 15.3 Å². The van der Waals surface area contributed by atoms with E-state index < -0.39 is 0 Å². The maximum Gasteiger partial charge on any atom is 0.271 e. The van der Waals surface area contributed by atoms with Gasteiger partial charge in [0.1, 0.15) is 5.69 Å². The number of hydrogen-bond donors (Lipinski definition) is 1. The molecule has 1 N–H and O–H groups in total. The van der Waals surface area contributed by atoms with Crippen LogP contribution in [0, 0.1) is 0 Å². The largest absolute Gasteiger partial charge is 0.348 e. The van der Waals surface area contributed by atoms with Gasteiger partial charge >= 0.3 is 0 Å². The van der Waals surface area contributed by atoms with Crippen LogP contribution >= 0.6 is 0 Å². The number of carbonyl (C=O) groups excluding carboxylic acids is 1. The van der Waals surface area contributed by atoms with Gasteiger partial charge in [0.2, 0.25) is 0 Å². The lowest BCUT2D eigenvalue weighted by atomic mass is 10.2. The second-order valence-corrected chi connectivity index (χ2v) is 4.42. The van der Waals surface area contributed by atoms with Gasteiger partial charge in [0.25, 0.3) is 5.91 Å². The van der Waals surface area contributed by atoms with Gasteiger partial charge in [-0.3, -0.25) is 9.78 Å². The Bertz CT molecular complexity index is 509. The first-order chi connectivity index (χ1) is 8.33. The van der Waals surface area contributed by atoms with E-state index in [9.17, 15) is 4.79 Å². The van der Waals surface area contributed by atoms with E-state index in [1.54, 1.807) is 29.2 Å². The number of nitrogens with zero attached hydrogens (tertiary/aromatic N) is 3. The highest BCUT2D eigenvalue weighted by Gasteiger charge is 2.19. The third kappa shape index (κ3) is 2.00. The molecule has 3 rings (SSSR count). The van der Waals surface area contributed by atoms with Crippen molar-refractivity contribution in [1.82, 2.24) is 19.7 Å². The van der Waals surface area contributed by atoms with Gasteiger partial charge in [0, 0.05) is 24.6 Å². The van der Waals surface area contributed by atoms with Gasteiger partial charge in [-0.1, -0.05) is 12.8 Å². The minimum Gasteiger partial charge on any atom is -0.348 e. The number of rotatable bonds is 2. The molecule has 0 bridgehead atoms. The standard InChI is InChI=1S/C12H14N4O/c17-12(14-9-3-1-2-4-9)10-8-16-6-5-13-7-11(16)15-10/h5-9H,1-4H2,(H,14,17). The van der Waals surface area contributed by atoms with Gasteiger partial charge in [-0.15, -0.1) is 0 Å². The normalized spacial score (nSPS) is 16.5. The van der Waals surface area contributed by atoms with Crippen LogP contribution in [0.2, 0.25) is 0 Å². The van der Waals surface area contributed by atoms with E-state index in [-0.39, 0.29) is 5.91 Å². The fraction of sp³-hybridized carbons (Fsp3) is 0.417. The van der Waals surface area contributed by atoms with Crippen LogP contribution in [-0.4, -0.2) is 26.3 Å². The van der Waals surface area contributed by atoms with E-state index in [1.807, 2.05) is 0 Å². The van der Waals surface area contributed by atoms with Gasteiger partial charge in [0.15, 0.2) is 5.65 Å². The summed E-state index contributed by atoms with van der Waals surface area (Å²) in [5.41, 5.74) is 1.16. The van der Waals surface area contributed by atoms with Gasteiger partial charge < -0.3 is 9.72 Å². The van der Waals surface area contributed by atoms with Crippen LogP contribution in [0.1, 0.15) is 36.2 Å². The Morgan fingerprint density at radius 2 is 2.24 bits per heavy atom. The maximum absolute atomic E-state index is 12.0. The first kappa shape index (κ1) is 10.3. The molecular weight excluding hydrogens is 216 g/mol. The molecule has 17 heavy (non-hydrogen) atoms. The Balaban J connectivity index is 1.80. The molecule has 2 aromatic heterocycles. The number of imidazole rings is 1. The van der Waals surface area contributed by atoms with Crippen molar-refractivity contribution in [3.05, 3.63) is 30.5 Å². The smallest absolute Gasteiger partial charge is 0.271 e. The van der Waals surface area contributed by atoms with Crippen molar-refractivity contribution in [2.75, 3.05) is 0 Å². The monoisotopic (exact) mass is 230 g/mol. The van der Waals surface area contributed by atoms with Gasteiger partial charge in [-0.25, -0.2) is 4.98 Å². The molecule has 0 spiro atoms. The zero-order valence-corrected chi connectivity index (χ0v) is 9.47. The lowest BCUT2D eigenvalue weighted by Gasteiger charge is -2.09. The molecule has 1 saturated carbocycles. The molecule has 0 aliphatic heterocycles. The quantitative estimate of drug-likeness (QED) is 0.848. The van der Waals surface area contributed by atoms with Crippen molar-refractivity contribution >= 4 is 11.6 Å². The summed E-state index contributed by atoms with van der Waals surface area (Å²) in [4.78, 5) is 20.2. The van der Waals surface area contributed by atoms with Crippen molar-refractivity contribution in [2.24, 2.45) is 0 Å². The number of amides is 1. The summed E-state index contributed by atoms with van der Waals surface area (Å²) in [6.07, 6.45) is 11.4. The summed E-state index contributed by atoms with van der Waals surface area (Å²) in [5.74, 6) is -0.0828. The average Bonchev–Trinajstić information content (AvgIpc) is 2.96. The molecule has 5 nitrogen and oxygen atoms in total. The molecular formula is C12H14N4O. The summed E-state index contributed by atoms with van der Waals surface area (Å²) in [6.45, 7) is 0. The molecule has 0 unspecified atom stereocenters. The topological polar surface area (TPSA) is 59.3 Å². The number of aromatic nitrogens is 3. The molecule has 0 saturated heterocycles. The fourth-order valence-corrected chi connectivity index (χ4v) is 2.28. The summed E-state index contributed by atoms with van der Waals surface area (Å²) in [5, 5.41) is 3.02. The van der Waals surface area contributed by atoms with Crippen LogP contribution < -0.4 is 5.32 Å². The number of nitrogens with one attached hydrogen (secondary N) is 1. The second kappa shape index (κ2) is 4.16. The van der Waals surface area contributed by atoms with E-state index in [4.69, 9.17) is 0 Å². The Morgan fingerprint density at radius 3 is 3.00 bits per heavy atom. The minimum absolute atomic E-state index is 0.0828. The van der Waals surface area contributed by atoms with Crippen molar-refractivity contribution in [3.63, 3.8) is 0 Å². The predicted molar refractivity (Wildman–Crippen MR) is 62.7 cm³/mol. The van der Waals surface area contributed by atoms with E-state index >= 15 is 0 Å². The van der Waals surface area contributed by atoms with Crippen LogP contribution in [0.3, 0.4) is 0 Å². The molecule has 1 aliphatic carbocycles. The van der Waals surface area contributed by atoms with Crippen LogP contribution in [0.15, 0.2) is 24.8 Å². The van der Waals surface area contributed by atoms with Crippen LogP contribution in [-0.2, 0) is 0 Å². The van der Waals surface area contributed by atoms with Crippen LogP contribution in [0.5, 0.6) is 0 Å². The fourth-order valence-electron chi connectivity index (χ4n) is 2.28. The Hall–Kier alpha value is -1.91. The molecule has 88 valence electrons. The summed E-state index contributed by atoms with van der Waals surface area (Å²) >= 11 is 0. The molecule has 5 heteroatoms. The van der Waals surface area contributed by atoms with Crippen LogP contribution in [0.4, 0.5) is 0 Å². The molecule has 0 aromatic carbocycles. The summed E-state index contributed by atoms with van der Waals surface area (Å²) in [7, 11) is 0. The lowest BCUT2D eigenvalue weighted by Crippen LogP contribution is -2.32. The first-order valence-corrected chi connectivity index (χ1v) is 5.92. The highest BCUT2D eigenvalue weighted by Crippen LogP contribution is 2.18. The third-order valence-corrected chi connectivity index (χ3v) is 3.19. The SMILES string of the molecule is O=C(NC1CCCC1)c1cn2ccncc2n1. The van der Waals surface area contributed by atoms with Gasteiger partial charge in [-0.2, -0.15) is 0 Å². The van der Waals surface area contributed by atoms with Gasteiger partial charge in [-0.05, 0) is 12.8 Å². The molecule has 0 atom stereocenters. The zero-order valence-electron chi connectivity index (χ0n) is 9.47. The number of hydrogen-bond acceptors (Lipinski definition) is 3. The number of fused-ring (bicyclic) bond motifs is 1. The highest BCUT2D eigenvalue weighted by molar-refractivity contribution is 5.93. The van der Waals surface area contributed by atoms with E-state index in [0.717, 1.165) is 12.8 Å². The molecule has 1 fully saturated rings. The predicted octanol–water partition coefficient (Wildman–Crippen LogP) is 1.40. The third-order valence-electron chi connectivity index (χ3n) is 3.19. The second-order valence-electron chi connectivity index (χ2n) is 4.42. The molecule has 0 radical (unpaired) electrons. The summed E-state index contributed by atoms with van der Waals surface area (Å²) < 4.78 is 1.80. The van der Waals surface area contributed by atoms with Crippen molar-refractivity contribution in [3.8, 4) is 0 Å². The van der Waals surface area contributed by atoms with Gasteiger partial charge in [0.05, 0.1) is 6.20 Å². The van der Waals surface area contributed by atoms with Crippen molar-refractivity contribution in [2.45, 2.75) is 31.7 Å². The Morgan fingerprint density at radius 1 is 1.41 bits per heavy atom. The zero-order chi connectivity index (χ0) is 11.7. The molecule has 2 aromatic rings. The minimum atomic E-state index is -0.0828. The Labute approximate surface area is 98.9 Å². The van der Waals surface area contributed by atoms with Crippen molar-refractivity contribution < 1.29 is 4.79 Å². The first-order valence-electron chi connectivity index (χ1n) is 5.92. The van der Waals surface area contributed by atoms with E-state index in [0.29, 0.717) is 17.4 Å². The maximum atomic E-state index is 12.0. The summed E-state index contributed by atoms with van der Waals surface area (Å²) in [6, 6.07) is 0.324. The lowest BCUT2D eigenvalue weighted by molar-refractivity contribution is 0.0933. The molecule has 1 amide bonds. The molecule has 2 heterocycles. The van der Waals surface area contributed by atoms with Crippen molar-refractivity contribution in [1.29, 1.82) is 0 Å². The molecule has 1 aliphatic rings. The average molecular weight is 230 g/mol. The Kier molecular flexibility index (Phi) is 2.51. The highest BCUT2D eigenvalue weighted by atomic mass is 16.2. The number of carbonyl (C=O) groups is 1. The van der Waals surface area contributed by atoms with Crippen LogP contribution in [0.25, 0.3) is 5.65 Å².